The molecule has 0 unspecified atom stereocenters. The van der Waals surface area contributed by atoms with Gasteiger partial charge in [0, 0.05) is 18.8 Å². The van der Waals surface area contributed by atoms with E-state index in [0.29, 0.717) is 18.8 Å². The lowest BCUT2D eigenvalue weighted by Crippen LogP contribution is -2.35. The summed E-state index contributed by atoms with van der Waals surface area (Å²) in [4.78, 5) is 23.5. The minimum Gasteiger partial charge on any atom is -0.455 e. The quantitative estimate of drug-likeness (QED) is 0.775. The fraction of sp³-hybridized carbons (Fsp3) is 0.529. The number of piperidine rings is 1. The van der Waals surface area contributed by atoms with Crippen LogP contribution < -0.4 is 5.32 Å². The number of hydrogen-bond acceptors (Lipinski definition) is 5. The lowest BCUT2D eigenvalue weighted by atomic mass is 10.2. The van der Waals surface area contributed by atoms with Crippen molar-refractivity contribution >= 4 is 27.6 Å². The normalized spacial score (nSPS) is 18.6. The van der Waals surface area contributed by atoms with Crippen LogP contribution in [0.1, 0.15) is 32.1 Å². The third-order valence-electron chi connectivity index (χ3n) is 4.33. The van der Waals surface area contributed by atoms with Gasteiger partial charge in [0.2, 0.25) is 10.0 Å². The van der Waals surface area contributed by atoms with E-state index in [2.05, 4.69) is 5.32 Å². The van der Waals surface area contributed by atoms with E-state index >= 15 is 0 Å². The molecule has 8 heteroatoms. The van der Waals surface area contributed by atoms with E-state index in [1.54, 1.807) is 12.1 Å². The Kier molecular flexibility index (Phi) is 5.39. The molecular formula is C17H22N2O5S. The zero-order chi connectivity index (χ0) is 17.9. The van der Waals surface area contributed by atoms with Gasteiger partial charge in [0.1, 0.15) is 0 Å². The number of hydrogen-bond donors (Lipinski definition) is 1. The van der Waals surface area contributed by atoms with Crippen molar-refractivity contribution in [3.63, 3.8) is 0 Å². The standard InChI is InChI=1S/C17H22N2O5S/c20-16(12-24-17(21)13-7-8-13)18-14-5-4-6-15(11-14)25(22,23)19-9-2-1-3-10-19/h4-6,11,13H,1-3,7-10,12H2,(H,18,20). The van der Waals surface area contributed by atoms with Crippen molar-refractivity contribution in [1.82, 2.24) is 4.31 Å². The number of carbonyl (C=O) groups excluding carboxylic acids is 2. The molecule has 0 radical (unpaired) electrons. The summed E-state index contributed by atoms with van der Waals surface area (Å²) in [6.07, 6.45) is 4.40. The third kappa shape index (κ3) is 4.58. The van der Waals surface area contributed by atoms with Crippen LogP contribution in [0.15, 0.2) is 29.2 Å². The predicted molar refractivity (Wildman–Crippen MR) is 91.4 cm³/mol. The maximum absolute atomic E-state index is 12.7. The first-order chi connectivity index (χ1) is 12.0. The average molecular weight is 366 g/mol. The van der Waals surface area contributed by atoms with Gasteiger partial charge < -0.3 is 10.1 Å². The maximum atomic E-state index is 12.7. The van der Waals surface area contributed by atoms with E-state index in [-0.39, 0.29) is 23.4 Å². The number of ether oxygens (including phenoxy) is 1. The molecule has 25 heavy (non-hydrogen) atoms. The van der Waals surface area contributed by atoms with E-state index in [1.807, 2.05) is 0 Å². The lowest BCUT2D eigenvalue weighted by Gasteiger charge is -2.26. The number of anilines is 1. The Balaban J connectivity index is 1.62. The number of nitrogens with zero attached hydrogens (tertiary/aromatic N) is 1. The Morgan fingerprint density at radius 3 is 2.56 bits per heavy atom. The molecular weight excluding hydrogens is 344 g/mol. The van der Waals surface area contributed by atoms with E-state index in [1.165, 1.54) is 16.4 Å². The second-order valence-electron chi connectivity index (χ2n) is 6.42. The topological polar surface area (TPSA) is 92.8 Å². The number of sulfonamides is 1. The van der Waals surface area contributed by atoms with Crippen LogP contribution in [0.2, 0.25) is 0 Å². The highest BCUT2D eigenvalue weighted by Gasteiger charge is 2.31. The van der Waals surface area contributed by atoms with Crippen molar-refractivity contribution in [3.8, 4) is 0 Å². The van der Waals surface area contributed by atoms with Crippen molar-refractivity contribution in [2.45, 2.75) is 37.0 Å². The summed E-state index contributed by atoms with van der Waals surface area (Å²) in [6, 6.07) is 6.15. The molecule has 136 valence electrons. The number of benzene rings is 1. The Morgan fingerprint density at radius 1 is 1.16 bits per heavy atom. The van der Waals surface area contributed by atoms with Crippen LogP contribution in [-0.2, 0) is 24.3 Å². The van der Waals surface area contributed by atoms with E-state index in [9.17, 15) is 18.0 Å². The molecule has 0 bridgehead atoms. The fourth-order valence-corrected chi connectivity index (χ4v) is 4.32. The molecule has 7 nitrogen and oxygen atoms in total. The molecule has 0 atom stereocenters. The third-order valence-corrected chi connectivity index (χ3v) is 6.22. The number of nitrogens with one attached hydrogen (secondary N) is 1. The molecule has 1 saturated carbocycles. The van der Waals surface area contributed by atoms with Gasteiger partial charge in [-0.15, -0.1) is 0 Å². The summed E-state index contributed by atoms with van der Waals surface area (Å²) >= 11 is 0. The van der Waals surface area contributed by atoms with E-state index in [4.69, 9.17) is 4.74 Å². The van der Waals surface area contributed by atoms with Gasteiger partial charge >= 0.3 is 5.97 Å². The minimum atomic E-state index is -3.55. The van der Waals surface area contributed by atoms with Gasteiger partial charge in [0.05, 0.1) is 10.8 Å². The summed E-state index contributed by atoms with van der Waals surface area (Å²) in [5, 5.41) is 2.57. The van der Waals surface area contributed by atoms with Crippen molar-refractivity contribution in [2.75, 3.05) is 25.0 Å². The number of amides is 1. The first-order valence-electron chi connectivity index (χ1n) is 8.53. The van der Waals surface area contributed by atoms with Crippen molar-refractivity contribution in [2.24, 2.45) is 5.92 Å². The summed E-state index contributed by atoms with van der Waals surface area (Å²) in [5.41, 5.74) is 0.366. The van der Waals surface area contributed by atoms with Gasteiger partial charge in [-0.2, -0.15) is 4.31 Å². The number of rotatable bonds is 6. The molecule has 1 aromatic carbocycles. The molecule has 1 aliphatic carbocycles. The molecule has 1 heterocycles. The van der Waals surface area contributed by atoms with Crippen molar-refractivity contribution in [3.05, 3.63) is 24.3 Å². The van der Waals surface area contributed by atoms with Crippen LogP contribution in [-0.4, -0.2) is 44.3 Å². The molecule has 1 aromatic rings. The van der Waals surface area contributed by atoms with Gasteiger partial charge in [0.25, 0.3) is 5.91 Å². The molecule has 2 aliphatic rings. The van der Waals surface area contributed by atoms with Gasteiger partial charge in [-0.1, -0.05) is 12.5 Å². The van der Waals surface area contributed by atoms with Crippen LogP contribution in [0.3, 0.4) is 0 Å². The second-order valence-corrected chi connectivity index (χ2v) is 8.36. The van der Waals surface area contributed by atoms with Gasteiger partial charge in [-0.05, 0) is 43.9 Å². The predicted octanol–water partition coefficient (Wildman–Crippen LogP) is 1.75. The summed E-state index contributed by atoms with van der Waals surface area (Å²) in [7, 11) is -3.55. The maximum Gasteiger partial charge on any atom is 0.309 e. The Labute approximate surface area is 147 Å². The molecule has 0 aromatic heterocycles. The fourth-order valence-electron chi connectivity index (χ4n) is 2.76. The molecule has 0 spiro atoms. The van der Waals surface area contributed by atoms with Gasteiger partial charge in [-0.3, -0.25) is 9.59 Å². The van der Waals surface area contributed by atoms with E-state index in [0.717, 1.165) is 32.1 Å². The average Bonchev–Trinajstić information content (AvgIpc) is 3.46. The first-order valence-corrected chi connectivity index (χ1v) is 9.97. The molecule has 1 N–H and O–H groups in total. The molecule has 2 fully saturated rings. The highest BCUT2D eigenvalue weighted by molar-refractivity contribution is 7.89. The number of esters is 1. The SMILES string of the molecule is O=C(COC(=O)C1CC1)Nc1cccc(S(=O)(=O)N2CCCCC2)c1. The largest absolute Gasteiger partial charge is 0.455 e. The lowest BCUT2D eigenvalue weighted by molar-refractivity contribution is -0.148. The summed E-state index contributed by atoms with van der Waals surface area (Å²) in [5.74, 6) is -0.899. The molecule has 1 aliphatic heterocycles. The van der Waals surface area contributed by atoms with Gasteiger partial charge in [-0.25, -0.2) is 8.42 Å². The Bertz CT molecular complexity index is 752. The van der Waals surface area contributed by atoms with Crippen LogP contribution in [0.5, 0.6) is 0 Å². The highest BCUT2D eigenvalue weighted by atomic mass is 32.2. The highest BCUT2D eigenvalue weighted by Crippen LogP contribution is 2.30. The monoisotopic (exact) mass is 366 g/mol. The molecule has 1 amide bonds. The van der Waals surface area contributed by atoms with Crippen LogP contribution in [0.4, 0.5) is 5.69 Å². The zero-order valence-corrected chi connectivity index (χ0v) is 14.8. The van der Waals surface area contributed by atoms with Crippen molar-refractivity contribution in [1.29, 1.82) is 0 Å². The Morgan fingerprint density at radius 2 is 1.88 bits per heavy atom. The number of carbonyl (C=O) groups is 2. The summed E-state index contributed by atoms with van der Waals surface area (Å²) in [6.45, 7) is 0.685. The minimum absolute atomic E-state index is 0.0641. The molecule has 3 rings (SSSR count). The zero-order valence-electron chi connectivity index (χ0n) is 13.9. The molecule has 1 saturated heterocycles. The van der Waals surface area contributed by atoms with Crippen LogP contribution >= 0.6 is 0 Å². The smallest absolute Gasteiger partial charge is 0.309 e. The first kappa shape index (κ1) is 17.9. The summed E-state index contributed by atoms with van der Waals surface area (Å²) < 4.78 is 31.7. The van der Waals surface area contributed by atoms with E-state index < -0.39 is 15.9 Å². The van der Waals surface area contributed by atoms with Crippen molar-refractivity contribution < 1.29 is 22.7 Å². The Hall–Kier alpha value is -1.93. The van der Waals surface area contributed by atoms with Crippen LogP contribution in [0.25, 0.3) is 0 Å². The second kappa shape index (κ2) is 7.53. The van der Waals surface area contributed by atoms with Gasteiger partial charge in [0.15, 0.2) is 6.61 Å². The van der Waals surface area contributed by atoms with Crippen LogP contribution in [0, 0.1) is 5.92 Å².